The largest absolute Gasteiger partial charge is 0.490 e. The third kappa shape index (κ3) is 6.59. The van der Waals surface area contributed by atoms with Crippen molar-refractivity contribution in [3.05, 3.63) is 65.7 Å². The van der Waals surface area contributed by atoms with Gasteiger partial charge >= 0.3 is 0 Å². The molecule has 0 bridgehead atoms. The lowest BCUT2D eigenvalue weighted by molar-refractivity contribution is -0.133. The molecule has 0 saturated carbocycles. The van der Waals surface area contributed by atoms with E-state index in [4.69, 9.17) is 9.47 Å². The zero-order chi connectivity index (χ0) is 21.2. The van der Waals surface area contributed by atoms with Crippen LogP contribution in [0.5, 0.6) is 5.75 Å². The van der Waals surface area contributed by atoms with Crippen LogP contribution in [0, 0.1) is 0 Å². The molecule has 6 heteroatoms. The molecule has 2 aromatic rings. The van der Waals surface area contributed by atoms with Crippen LogP contribution in [0.3, 0.4) is 0 Å². The molecule has 2 amide bonds. The lowest BCUT2D eigenvalue weighted by Gasteiger charge is -2.32. The number of hydrogen-bond acceptors (Lipinski definition) is 4. The van der Waals surface area contributed by atoms with Gasteiger partial charge in [0, 0.05) is 45.1 Å². The Balaban J connectivity index is 1.40. The van der Waals surface area contributed by atoms with Crippen LogP contribution in [-0.2, 0) is 16.0 Å². The molecule has 0 spiro atoms. The zero-order valence-corrected chi connectivity index (χ0v) is 17.5. The van der Waals surface area contributed by atoms with Crippen molar-refractivity contribution in [2.24, 2.45) is 0 Å². The Morgan fingerprint density at radius 3 is 2.40 bits per heavy atom. The maximum Gasteiger partial charge on any atom is 0.251 e. The van der Waals surface area contributed by atoms with E-state index in [9.17, 15) is 9.59 Å². The van der Waals surface area contributed by atoms with Gasteiger partial charge in [0.05, 0.1) is 13.0 Å². The van der Waals surface area contributed by atoms with Crippen molar-refractivity contribution >= 4 is 11.8 Å². The van der Waals surface area contributed by atoms with Crippen LogP contribution < -0.4 is 10.1 Å². The Bertz CT molecular complexity index is 800. The van der Waals surface area contributed by atoms with Crippen LogP contribution in [0.1, 0.15) is 35.2 Å². The first-order valence-electron chi connectivity index (χ1n) is 10.5. The van der Waals surface area contributed by atoms with Crippen LogP contribution in [0.15, 0.2) is 54.6 Å². The number of ether oxygens (including phenoxy) is 2. The molecule has 1 aliphatic rings. The van der Waals surface area contributed by atoms with Crippen LogP contribution in [0.25, 0.3) is 0 Å². The fourth-order valence-electron chi connectivity index (χ4n) is 3.51. The Labute approximate surface area is 178 Å². The first-order valence-corrected chi connectivity index (χ1v) is 10.5. The number of hydrogen-bond donors (Lipinski definition) is 1. The summed E-state index contributed by atoms with van der Waals surface area (Å²) < 4.78 is 11.0. The Kier molecular flexibility index (Phi) is 8.27. The number of carbonyl (C=O) groups excluding carboxylic acids is 2. The summed E-state index contributed by atoms with van der Waals surface area (Å²) >= 11 is 0. The number of likely N-dealkylation sites (tertiary alicyclic amines) is 1. The highest BCUT2D eigenvalue weighted by Crippen LogP contribution is 2.20. The molecule has 0 radical (unpaired) electrons. The standard InChI is InChI=1S/C24H30N2O4/c1-29-18-14-23(27)26-16-12-22(13-17-26)30-21-9-7-20(8-10-21)24(28)25-15-11-19-5-3-2-4-6-19/h2-10,22H,11-18H2,1H3,(H,25,28). The van der Waals surface area contributed by atoms with Crippen LogP contribution in [0.2, 0.25) is 0 Å². The van der Waals surface area contributed by atoms with Crippen molar-refractivity contribution in [3.8, 4) is 5.75 Å². The summed E-state index contributed by atoms with van der Waals surface area (Å²) in [6, 6.07) is 17.3. The van der Waals surface area contributed by atoms with Gasteiger partial charge in [-0.2, -0.15) is 0 Å². The molecule has 0 aromatic heterocycles. The van der Waals surface area contributed by atoms with Gasteiger partial charge in [0.1, 0.15) is 11.9 Å². The minimum atomic E-state index is -0.0830. The molecule has 1 aliphatic heterocycles. The zero-order valence-electron chi connectivity index (χ0n) is 17.5. The highest BCUT2D eigenvalue weighted by Gasteiger charge is 2.23. The van der Waals surface area contributed by atoms with Crippen LogP contribution >= 0.6 is 0 Å². The number of methoxy groups -OCH3 is 1. The van der Waals surface area contributed by atoms with Crippen molar-refractivity contribution in [2.45, 2.75) is 31.8 Å². The molecular formula is C24H30N2O4. The number of amides is 2. The monoisotopic (exact) mass is 410 g/mol. The second-order valence-corrected chi connectivity index (χ2v) is 7.46. The number of nitrogens with one attached hydrogen (secondary N) is 1. The van der Waals surface area contributed by atoms with Gasteiger partial charge in [-0.05, 0) is 36.2 Å². The molecule has 6 nitrogen and oxygen atoms in total. The van der Waals surface area contributed by atoms with E-state index in [-0.39, 0.29) is 17.9 Å². The molecule has 1 saturated heterocycles. The molecule has 0 unspecified atom stereocenters. The highest BCUT2D eigenvalue weighted by molar-refractivity contribution is 5.94. The fraction of sp³-hybridized carbons (Fsp3) is 0.417. The topological polar surface area (TPSA) is 67.9 Å². The second-order valence-electron chi connectivity index (χ2n) is 7.46. The van der Waals surface area contributed by atoms with Crippen molar-refractivity contribution in [2.75, 3.05) is 33.4 Å². The second kappa shape index (κ2) is 11.4. The van der Waals surface area contributed by atoms with Crippen molar-refractivity contribution < 1.29 is 19.1 Å². The minimum Gasteiger partial charge on any atom is -0.490 e. The predicted octanol–water partition coefficient (Wildman–Crippen LogP) is 3.07. The Morgan fingerprint density at radius 1 is 1.03 bits per heavy atom. The maximum atomic E-state index is 12.3. The highest BCUT2D eigenvalue weighted by atomic mass is 16.5. The van der Waals surface area contributed by atoms with Crippen molar-refractivity contribution in [1.29, 1.82) is 0 Å². The number of piperidine rings is 1. The molecule has 30 heavy (non-hydrogen) atoms. The van der Waals surface area contributed by atoms with E-state index in [1.54, 1.807) is 19.2 Å². The summed E-state index contributed by atoms with van der Waals surface area (Å²) in [5, 5.41) is 2.95. The molecule has 1 fully saturated rings. The van der Waals surface area contributed by atoms with Gasteiger partial charge < -0.3 is 19.7 Å². The van der Waals surface area contributed by atoms with E-state index < -0.39 is 0 Å². The molecular weight excluding hydrogens is 380 g/mol. The molecule has 1 heterocycles. The third-order valence-electron chi connectivity index (χ3n) is 5.28. The van der Waals surface area contributed by atoms with E-state index in [1.807, 2.05) is 35.2 Å². The van der Waals surface area contributed by atoms with E-state index >= 15 is 0 Å². The van der Waals surface area contributed by atoms with Gasteiger partial charge in [-0.25, -0.2) is 0 Å². The average Bonchev–Trinajstić information content (AvgIpc) is 2.79. The van der Waals surface area contributed by atoms with Gasteiger partial charge in [-0.3, -0.25) is 9.59 Å². The SMILES string of the molecule is COCCC(=O)N1CCC(Oc2ccc(C(=O)NCCc3ccccc3)cc2)CC1. The van der Waals surface area contributed by atoms with Gasteiger partial charge in [0.2, 0.25) is 5.91 Å². The first-order chi connectivity index (χ1) is 14.7. The average molecular weight is 411 g/mol. The number of rotatable bonds is 9. The van der Waals surface area contributed by atoms with Gasteiger partial charge in [-0.1, -0.05) is 30.3 Å². The molecule has 3 rings (SSSR count). The maximum absolute atomic E-state index is 12.3. The summed E-state index contributed by atoms with van der Waals surface area (Å²) in [4.78, 5) is 26.2. The molecule has 0 atom stereocenters. The fourth-order valence-corrected chi connectivity index (χ4v) is 3.51. The molecule has 0 aliphatic carbocycles. The smallest absolute Gasteiger partial charge is 0.251 e. The predicted molar refractivity (Wildman–Crippen MR) is 116 cm³/mol. The lowest BCUT2D eigenvalue weighted by atomic mass is 10.1. The van der Waals surface area contributed by atoms with E-state index in [0.717, 1.165) is 25.0 Å². The normalized spacial score (nSPS) is 14.4. The minimum absolute atomic E-state index is 0.0830. The summed E-state index contributed by atoms with van der Waals surface area (Å²) in [5.41, 5.74) is 1.82. The van der Waals surface area contributed by atoms with Crippen LogP contribution in [-0.4, -0.2) is 56.2 Å². The van der Waals surface area contributed by atoms with Gasteiger partial charge in [-0.15, -0.1) is 0 Å². The van der Waals surface area contributed by atoms with E-state index in [1.165, 1.54) is 5.56 Å². The van der Waals surface area contributed by atoms with Gasteiger partial charge in [0.25, 0.3) is 5.91 Å². The molecule has 160 valence electrons. The van der Waals surface area contributed by atoms with E-state index in [2.05, 4.69) is 17.4 Å². The number of benzene rings is 2. The van der Waals surface area contributed by atoms with Crippen molar-refractivity contribution in [3.63, 3.8) is 0 Å². The number of nitrogens with zero attached hydrogens (tertiary/aromatic N) is 1. The van der Waals surface area contributed by atoms with Crippen molar-refractivity contribution in [1.82, 2.24) is 10.2 Å². The van der Waals surface area contributed by atoms with E-state index in [0.29, 0.717) is 38.2 Å². The molecule has 2 aromatic carbocycles. The van der Waals surface area contributed by atoms with Gasteiger partial charge in [0.15, 0.2) is 0 Å². The van der Waals surface area contributed by atoms with Crippen LogP contribution in [0.4, 0.5) is 0 Å². The number of carbonyl (C=O) groups is 2. The summed E-state index contributed by atoms with van der Waals surface area (Å²) in [6.45, 7) is 2.47. The summed E-state index contributed by atoms with van der Waals surface area (Å²) in [5.74, 6) is 0.804. The first kappa shape index (κ1) is 21.8. The summed E-state index contributed by atoms with van der Waals surface area (Å²) in [7, 11) is 1.60. The summed E-state index contributed by atoms with van der Waals surface area (Å²) in [6.07, 6.45) is 2.93. The lowest BCUT2D eigenvalue weighted by Crippen LogP contribution is -2.42. The molecule has 1 N–H and O–H groups in total. The Hall–Kier alpha value is -2.86. The third-order valence-corrected chi connectivity index (χ3v) is 5.28. The quantitative estimate of drug-likeness (QED) is 0.690. The Morgan fingerprint density at radius 2 is 1.73 bits per heavy atom.